The summed E-state index contributed by atoms with van der Waals surface area (Å²) in [6, 6.07) is 0.544. The first-order chi connectivity index (χ1) is 8.13. The number of rotatable bonds is 8. The van der Waals surface area contributed by atoms with Gasteiger partial charge in [-0.1, -0.05) is 26.2 Å². The minimum atomic E-state index is 0.124. The molecular weight excluding hydrogens is 212 g/mol. The van der Waals surface area contributed by atoms with Crippen LogP contribution in [0.15, 0.2) is 0 Å². The summed E-state index contributed by atoms with van der Waals surface area (Å²) in [5, 5.41) is 3.21. The normalized spacial score (nSPS) is 19.5. The Balaban J connectivity index is 2.28. The fourth-order valence-corrected chi connectivity index (χ4v) is 2.33. The molecule has 2 unspecified atom stereocenters. The zero-order valence-corrected chi connectivity index (χ0v) is 11.4. The molecule has 0 heterocycles. The van der Waals surface area contributed by atoms with Gasteiger partial charge in [-0.2, -0.15) is 0 Å². The van der Waals surface area contributed by atoms with Crippen molar-refractivity contribution in [2.75, 3.05) is 0 Å². The summed E-state index contributed by atoms with van der Waals surface area (Å²) in [4.78, 5) is 11.8. The van der Waals surface area contributed by atoms with E-state index in [1.807, 2.05) is 6.92 Å². The SMILES string of the molecule is CCCCC(NC(=O)CCC(C)N)C1CCC1. The van der Waals surface area contributed by atoms with Gasteiger partial charge >= 0.3 is 0 Å². The Morgan fingerprint density at radius 1 is 1.41 bits per heavy atom. The fraction of sp³-hybridized carbons (Fsp3) is 0.929. The third-order valence-electron chi connectivity index (χ3n) is 3.76. The summed E-state index contributed by atoms with van der Waals surface area (Å²) in [6.07, 6.45) is 8.86. The summed E-state index contributed by atoms with van der Waals surface area (Å²) in [5.74, 6) is 0.927. The first-order valence-electron chi connectivity index (χ1n) is 7.18. The fourth-order valence-electron chi connectivity index (χ4n) is 2.33. The van der Waals surface area contributed by atoms with E-state index in [9.17, 15) is 4.79 Å². The van der Waals surface area contributed by atoms with Crippen molar-refractivity contribution >= 4 is 5.91 Å². The lowest BCUT2D eigenvalue weighted by atomic mass is 9.78. The van der Waals surface area contributed by atoms with Crippen molar-refractivity contribution in [3.63, 3.8) is 0 Å². The highest BCUT2D eigenvalue weighted by atomic mass is 16.1. The molecule has 2 atom stereocenters. The van der Waals surface area contributed by atoms with Gasteiger partial charge in [-0.05, 0) is 38.5 Å². The van der Waals surface area contributed by atoms with E-state index in [-0.39, 0.29) is 11.9 Å². The zero-order valence-electron chi connectivity index (χ0n) is 11.4. The lowest BCUT2D eigenvalue weighted by Gasteiger charge is -2.34. The Morgan fingerprint density at radius 2 is 2.12 bits per heavy atom. The summed E-state index contributed by atoms with van der Waals surface area (Å²) in [6.45, 7) is 4.16. The van der Waals surface area contributed by atoms with Gasteiger partial charge in [0.15, 0.2) is 0 Å². The molecule has 3 nitrogen and oxygen atoms in total. The molecule has 3 heteroatoms. The second-order valence-corrected chi connectivity index (χ2v) is 5.52. The van der Waals surface area contributed by atoms with Crippen molar-refractivity contribution in [1.82, 2.24) is 5.32 Å². The molecule has 0 saturated heterocycles. The van der Waals surface area contributed by atoms with Crippen LogP contribution in [0.1, 0.15) is 65.2 Å². The number of nitrogens with one attached hydrogen (secondary N) is 1. The first kappa shape index (κ1) is 14.5. The van der Waals surface area contributed by atoms with Crippen LogP contribution in [-0.2, 0) is 4.79 Å². The van der Waals surface area contributed by atoms with Crippen LogP contribution in [0.5, 0.6) is 0 Å². The van der Waals surface area contributed by atoms with Crippen LogP contribution in [0.4, 0.5) is 0 Å². The van der Waals surface area contributed by atoms with Crippen LogP contribution in [0.3, 0.4) is 0 Å². The molecule has 1 aliphatic carbocycles. The first-order valence-corrected chi connectivity index (χ1v) is 7.18. The predicted molar refractivity (Wildman–Crippen MR) is 71.7 cm³/mol. The minimum Gasteiger partial charge on any atom is -0.353 e. The van der Waals surface area contributed by atoms with Crippen LogP contribution < -0.4 is 11.1 Å². The summed E-state index contributed by atoms with van der Waals surface area (Å²) in [5.41, 5.74) is 5.67. The van der Waals surface area contributed by atoms with E-state index < -0.39 is 0 Å². The van der Waals surface area contributed by atoms with Gasteiger partial charge in [0.25, 0.3) is 0 Å². The number of amides is 1. The third-order valence-corrected chi connectivity index (χ3v) is 3.76. The molecule has 3 N–H and O–H groups in total. The van der Waals surface area contributed by atoms with E-state index in [2.05, 4.69) is 12.2 Å². The van der Waals surface area contributed by atoms with Crippen molar-refractivity contribution in [3.05, 3.63) is 0 Å². The number of unbranched alkanes of at least 4 members (excludes halogenated alkanes) is 1. The number of hydrogen-bond donors (Lipinski definition) is 2. The molecule has 0 spiro atoms. The van der Waals surface area contributed by atoms with Gasteiger partial charge in [-0.3, -0.25) is 4.79 Å². The molecule has 0 aromatic carbocycles. The molecular formula is C14H28N2O. The van der Waals surface area contributed by atoms with Gasteiger partial charge in [0, 0.05) is 18.5 Å². The second-order valence-electron chi connectivity index (χ2n) is 5.52. The predicted octanol–water partition coefficient (Wildman–Crippen LogP) is 2.59. The Hall–Kier alpha value is -0.570. The van der Waals surface area contributed by atoms with Gasteiger partial charge in [0.1, 0.15) is 0 Å². The van der Waals surface area contributed by atoms with Crippen molar-refractivity contribution in [2.45, 2.75) is 77.3 Å². The molecule has 1 amide bonds. The maximum atomic E-state index is 11.8. The van der Waals surface area contributed by atoms with Gasteiger partial charge in [0.05, 0.1) is 0 Å². The number of carbonyl (C=O) groups is 1. The average molecular weight is 240 g/mol. The highest BCUT2D eigenvalue weighted by molar-refractivity contribution is 5.76. The summed E-state index contributed by atoms with van der Waals surface area (Å²) >= 11 is 0. The highest BCUT2D eigenvalue weighted by Gasteiger charge is 2.27. The summed E-state index contributed by atoms with van der Waals surface area (Å²) in [7, 11) is 0. The largest absolute Gasteiger partial charge is 0.353 e. The molecule has 1 rings (SSSR count). The van der Waals surface area contributed by atoms with Gasteiger partial charge in [0.2, 0.25) is 5.91 Å². The van der Waals surface area contributed by atoms with E-state index >= 15 is 0 Å². The molecule has 0 radical (unpaired) electrons. The Kier molecular flexibility index (Phi) is 6.56. The molecule has 0 aromatic heterocycles. The second kappa shape index (κ2) is 7.70. The third kappa shape index (κ3) is 5.53. The molecule has 1 fully saturated rings. The molecule has 0 aromatic rings. The van der Waals surface area contributed by atoms with E-state index in [1.54, 1.807) is 0 Å². The van der Waals surface area contributed by atoms with Crippen molar-refractivity contribution in [1.29, 1.82) is 0 Å². The molecule has 1 aliphatic rings. The standard InChI is InChI=1S/C14H28N2O/c1-3-4-8-13(12-6-5-7-12)16-14(17)10-9-11(2)15/h11-13H,3-10,15H2,1-2H3,(H,16,17). The maximum Gasteiger partial charge on any atom is 0.220 e. The molecule has 1 saturated carbocycles. The lowest BCUT2D eigenvalue weighted by Crippen LogP contribution is -2.43. The van der Waals surface area contributed by atoms with Crippen molar-refractivity contribution in [3.8, 4) is 0 Å². The van der Waals surface area contributed by atoms with Crippen molar-refractivity contribution < 1.29 is 4.79 Å². The van der Waals surface area contributed by atoms with Crippen LogP contribution in [0, 0.1) is 5.92 Å². The van der Waals surface area contributed by atoms with Crippen molar-refractivity contribution in [2.24, 2.45) is 11.7 Å². The monoisotopic (exact) mass is 240 g/mol. The minimum absolute atomic E-state index is 0.124. The molecule has 0 aliphatic heterocycles. The molecule has 17 heavy (non-hydrogen) atoms. The molecule has 0 bridgehead atoms. The van der Waals surface area contributed by atoms with Gasteiger partial charge in [-0.25, -0.2) is 0 Å². The Labute approximate surface area is 106 Å². The zero-order chi connectivity index (χ0) is 12.7. The quantitative estimate of drug-likeness (QED) is 0.685. The Bertz CT molecular complexity index is 224. The van der Waals surface area contributed by atoms with E-state index in [0.717, 1.165) is 18.8 Å². The van der Waals surface area contributed by atoms with Crippen LogP contribution in [-0.4, -0.2) is 18.0 Å². The lowest BCUT2D eigenvalue weighted by molar-refractivity contribution is -0.122. The van der Waals surface area contributed by atoms with E-state index in [4.69, 9.17) is 5.73 Å². The Morgan fingerprint density at radius 3 is 2.59 bits per heavy atom. The number of nitrogens with two attached hydrogens (primary N) is 1. The van der Waals surface area contributed by atoms with Crippen LogP contribution in [0.25, 0.3) is 0 Å². The van der Waals surface area contributed by atoms with E-state index in [1.165, 1.54) is 32.1 Å². The number of hydrogen-bond acceptors (Lipinski definition) is 2. The highest BCUT2D eigenvalue weighted by Crippen LogP contribution is 2.31. The van der Waals surface area contributed by atoms with Gasteiger partial charge in [-0.15, -0.1) is 0 Å². The van der Waals surface area contributed by atoms with Gasteiger partial charge < -0.3 is 11.1 Å². The van der Waals surface area contributed by atoms with Crippen LogP contribution >= 0.6 is 0 Å². The molecule has 100 valence electrons. The summed E-state index contributed by atoms with van der Waals surface area (Å²) < 4.78 is 0. The topological polar surface area (TPSA) is 55.1 Å². The smallest absolute Gasteiger partial charge is 0.220 e. The van der Waals surface area contributed by atoms with E-state index in [0.29, 0.717) is 12.5 Å². The van der Waals surface area contributed by atoms with Crippen LogP contribution in [0.2, 0.25) is 0 Å². The number of carbonyl (C=O) groups excluding carboxylic acids is 1. The maximum absolute atomic E-state index is 11.8. The average Bonchev–Trinajstić information content (AvgIpc) is 2.20.